The van der Waals surface area contributed by atoms with Crippen LogP contribution in [-0.4, -0.2) is 33.8 Å². The summed E-state index contributed by atoms with van der Waals surface area (Å²) in [5.74, 6) is -1.03. The highest BCUT2D eigenvalue weighted by Gasteiger charge is 2.36. The molecule has 2 N–H and O–H groups in total. The summed E-state index contributed by atoms with van der Waals surface area (Å²) < 4.78 is 3.90. The Hall–Kier alpha value is -1.01. The number of carboxylic acids is 1. The van der Waals surface area contributed by atoms with Crippen molar-refractivity contribution in [1.29, 1.82) is 0 Å². The first-order valence-electron chi connectivity index (χ1n) is 4.98. The van der Waals surface area contributed by atoms with Gasteiger partial charge in [0.05, 0.1) is 16.5 Å². The number of nitrogens with one attached hydrogen (secondary N) is 1. The second-order valence-electron chi connectivity index (χ2n) is 3.65. The van der Waals surface area contributed by atoms with Crippen LogP contribution in [0.5, 0.6) is 0 Å². The van der Waals surface area contributed by atoms with E-state index in [9.17, 15) is 4.79 Å². The Balaban J connectivity index is 2.26. The molecule has 5 nitrogen and oxygen atoms in total. The number of aliphatic carboxylic acids is 1. The van der Waals surface area contributed by atoms with Crippen LogP contribution in [0, 0.1) is 5.92 Å². The van der Waals surface area contributed by atoms with Crippen molar-refractivity contribution >= 4 is 17.5 Å². The SMILES string of the molecule is CCc1nnsc1C1CNCC1C(=O)O. The van der Waals surface area contributed by atoms with Gasteiger partial charge in [-0.15, -0.1) is 5.10 Å². The zero-order valence-corrected chi connectivity index (χ0v) is 9.25. The largest absolute Gasteiger partial charge is 0.481 e. The van der Waals surface area contributed by atoms with E-state index in [1.807, 2.05) is 6.92 Å². The molecule has 0 bridgehead atoms. The minimum absolute atomic E-state index is 0.0393. The summed E-state index contributed by atoms with van der Waals surface area (Å²) in [4.78, 5) is 12.1. The zero-order valence-electron chi connectivity index (χ0n) is 8.43. The molecule has 82 valence electrons. The van der Waals surface area contributed by atoms with Crippen molar-refractivity contribution in [2.24, 2.45) is 5.92 Å². The van der Waals surface area contributed by atoms with E-state index in [0.29, 0.717) is 13.1 Å². The fourth-order valence-electron chi connectivity index (χ4n) is 1.96. The molecule has 2 rings (SSSR count). The molecule has 0 aliphatic carbocycles. The molecule has 1 aliphatic rings. The van der Waals surface area contributed by atoms with E-state index in [1.54, 1.807) is 0 Å². The lowest BCUT2D eigenvalue weighted by Gasteiger charge is -2.12. The second kappa shape index (κ2) is 4.24. The molecule has 1 aromatic rings. The monoisotopic (exact) mass is 227 g/mol. The molecule has 6 heteroatoms. The van der Waals surface area contributed by atoms with Crippen LogP contribution in [0.15, 0.2) is 0 Å². The van der Waals surface area contributed by atoms with Crippen molar-refractivity contribution in [2.45, 2.75) is 19.3 Å². The average molecular weight is 227 g/mol. The first-order valence-corrected chi connectivity index (χ1v) is 5.76. The van der Waals surface area contributed by atoms with Crippen LogP contribution in [0.25, 0.3) is 0 Å². The summed E-state index contributed by atoms with van der Waals surface area (Å²) in [6.45, 7) is 3.27. The molecule has 0 aromatic carbocycles. The summed E-state index contributed by atoms with van der Waals surface area (Å²) in [5.41, 5.74) is 0.944. The standard InChI is InChI=1S/C9H13N3O2S/c1-2-7-8(15-12-11-7)5-3-10-4-6(5)9(13)14/h5-6,10H,2-4H2,1H3,(H,13,14). The molecule has 0 radical (unpaired) electrons. The van der Waals surface area contributed by atoms with Crippen molar-refractivity contribution in [3.05, 3.63) is 10.6 Å². The molecule has 0 amide bonds. The minimum atomic E-state index is -0.736. The van der Waals surface area contributed by atoms with Gasteiger partial charge in [0.15, 0.2) is 0 Å². The van der Waals surface area contributed by atoms with Gasteiger partial charge >= 0.3 is 5.97 Å². The van der Waals surface area contributed by atoms with Crippen LogP contribution in [0.2, 0.25) is 0 Å². The Morgan fingerprint density at radius 1 is 1.67 bits per heavy atom. The molecule has 1 saturated heterocycles. The number of nitrogens with zero attached hydrogens (tertiary/aromatic N) is 2. The van der Waals surface area contributed by atoms with E-state index >= 15 is 0 Å². The van der Waals surface area contributed by atoms with Gasteiger partial charge in [0.2, 0.25) is 0 Å². The number of aryl methyl sites for hydroxylation is 1. The van der Waals surface area contributed by atoms with Gasteiger partial charge < -0.3 is 10.4 Å². The normalized spacial score (nSPS) is 25.7. The smallest absolute Gasteiger partial charge is 0.308 e. The molecule has 1 aromatic heterocycles. The lowest BCUT2D eigenvalue weighted by molar-refractivity contribution is -0.141. The molecular weight excluding hydrogens is 214 g/mol. The lowest BCUT2D eigenvalue weighted by atomic mass is 9.93. The second-order valence-corrected chi connectivity index (χ2v) is 4.43. The third-order valence-electron chi connectivity index (χ3n) is 2.79. The Morgan fingerprint density at radius 2 is 2.47 bits per heavy atom. The van der Waals surface area contributed by atoms with Gasteiger partial charge in [-0.1, -0.05) is 11.4 Å². The summed E-state index contributed by atoms with van der Waals surface area (Å²) >= 11 is 1.33. The van der Waals surface area contributed by atoms with Crippen LogP contribution in [0.1, 0.15) is 23.4 Å². The number of carboxylic acid groups (broad SMARTS) is 1. The number of hydrogen-bond acceptors (Lipinski definition) is 5. The number of aromatic nitrogens is 2. The Kier molecular flexibility index (Phi) is 2.97. The van der Waals surface area contributed by atoms with Crippen molar-refractivity contribution in [3.63, 3.8) is 0 Å². The molecular formula is C9H13N3O2S. The van der Waals surface area contributed by atoms with Crippen LogP contribution in [-0.2, 0) is 11.2 Å². The number of rotatable bonds is 3. The zero-order chi connectivity index (χ0) is 10.8. The molecule has 0 saturated carbocycles. The van der Waals surface area contributed by atoms with Gasteiger partial charge in [-0.25, -0.2) is 0 Å². The van der Waals surface area contributed by atoms with Crippen LogP contribution >= 0.6 is 11.5 Å². The van der Waals surface area contributed by atoms with Gasteiger partial charge in [-0.2, -0.15) is 0 Å². The third kappa shape index (κ3) is 1.87. The van der Waals surface area contributed by atoms with E-state index < -0.39 is 5.97 Å². The highest BCUT2D eigenvalue weighted by molar-refractivity contribution is 7.05. The highest BCUT2D eigenvalue weighted by atomic mass is 32.1. The topological polar surface area (TPSA) is 75.1 Å². The summed E-state index contributed by atoms with van der Waals surface area (Å²) in [7, 11) is 0. The Bertz CT molecular complexity index is 366. The molecule has 2 atom stereocenters. The third-order valence-corrected chi connectivity index (χ3v) is 3.69. The van der Waals surface area contributed by atoms with E-state index in [2.05, 4.69) is 14.9 Å². The Labute approximate surface area is 91.7 Å². The molecule has 15 heavy (non-hydrogen) atoms. The summed E-state index contributed by atoms with van der Waals surface area (Å²) in [6.07, 6.45) is 0.814. The van der Waals surface area contributed by atoms with Gasteiger partial charge in [0, 0.05) is 19.0 Å². The summed E-state index contributed by atoms with van der Waals surface area (Å²) in [6, 6.07) is 0. The van der Waals surface area contributed by atoms with Gasteiger partial charge in [0.1, 0.15) is 0 Å². The Morgan fingerprint density at radius 3 is 3.13 bits per heavy atom. The van der Waals surface area contributed by atoms with Crippen molar-refractivity contribution in [1.82, 2.24) is 14.9 Å². The van der Waals surface area contributed by atoms with Crippen LogP contribution in [0.3, 0.4) is 0 Å². The molecule has 1 aliphatic heterocycles. The maximum atomic E-state index is 11.0. The fourth-order valence-corrected chi connectivity index (χ4v) is 2.86. The molecule has 2 unspecified atom stereocenters. The van der Waals surface area contributed by atoms with E-state index in [4.69, 9.17) is 5.11 Å². The summed E-state index contributed by atoms with van der Waals surface area (Å²) in [5, 5.41) is 16.2. The van der Waals surface area contributed by atoms with Crippen molar-refractivity contribution in [3.8, 4) is 0 Å². The average Bonchev–Trinajstić information content (AvgIpc) is 2.85. The van der Waals surface area contributed by atoms with E-state index in [1.165, 1.54) is 11.5 Å². The van der Waals surface area contributed by atoms with Crippen molar-refractivity contribution in [2.75, 3.05) is 13.1 Å². The molecule has 2 heterocycles. The lowest BCUT2D eigenvalue weighted by Crippen LogP contribution is -2.21. The van der Waals surface area contributed by atoms with Crippen molar-refractivity contribution < 1.29 is 9.90 Å². The highest BCUT2D eigenvalue weighted by Crippen LogP contribution is 2.32. The number of hydrogen-bond donors (Lipinski definition) is 2. The minimum Gasteiger partial charge on any atom is -0.481 e. The molecule has 0 spiro atoms. The van der Waals surface area contributed by atoms with Gasteiger partial charge in [-0.05, 0) is 18.0 Å². The van der Waals surface area contributed by atoms with E-state index in [-0.39, 0.29) is 11.8 Å². The maximum absolute atomic E-state index is 11.0. The van der Waals surface area contributed by atoms with Crippen LogP contribution in [0.4, 0.5) is 0 Å². The van der Waals surface area contributed by atoms with Crippen LogP contribution < -0.4 is 5.32 Å². The van der Waals surface area contributed by atoms with Gasteiger partial charge in [-0.3, -0.25) is 4.79 Å². The fraction of sp³-hybridized carbons (Fsp3) is 0.667. The number of carbonyl (C=O) groups is 1. The maximum Gasteiger partial charge on any atom is 0.308 e. The predicted octanol–water partition coefficient (Wildman–Crippen LogP) is 0.488. The first kappa shape index (κ1) is 10.5. The molecule has 1 fully saturated rings. The quantitative estimate of drug-likeness (QED) is 0.786. The van der Waals surface area contributed by atoms with Gasteiger partial charge in [0.25, 0.3) is 0 Å². The predicted molar refractivity (Wildman–Crippen MR) is 56.0 cm³/mol. The first-order chi connectivity index (χ1) is 7.24. The van der Waals surface area contributed by atoms with E-state index in [0.717, 1.165) is 17.0 Å².